The quantitative estimate of drug-likeness (QED) is 0.920. The van der Waals surface area contributed by atoms with E-state index in [-0.39, 0.29) is 0 Å². The highest BCUT2D eigenvalue weighted by molar-refractivity contribution is 7.18. The topological polar surface area (TPSA) is 55.0 Å². The second-order valence-corrected chi connectivity index (χ2v) is 6.72. The Morgan fingerprint density at radius 2 is 1.90 bits per heavy atom. The molecule has 0 bridgehead atoms. The summed E-state index contributed by atoms with van der Waals surface area (Å²) < 4.78 is 0. The van der Waals surface area contributed by atoms with Crippen LogP contribution in [0.15, 0.2) is 30.3 Å². The van der Waals surface area contributed by atoms with Crippen molar-refractivity contribution in [3.8, 4) is 0 Å². The maximum absolute atomic E-state index is 5.65. The van der Waals surface area contributed by atoms with Gasteiger partial charge < -0.3 is 10.6 Å². The predicted octanol–water partition coefficient (Wildman–Crippen LogP) is 3.36. The summed E-state index contributed by atoms with van der Waals surface area (Å²) in [4.78, 5) is 2.32. The molecule has 0 amide bonds. The van der Waals surface area contributed by atoms with Crippen molar-refractivity contribution in [2.24, 2.45) is 5.92 Å². The number of aryl methyl sites for hydroxylation is 1. The van der Waals surface area contributed by atoms with Crippen LogP contribution < -0.4 is 10.6 Å². The lowest BCUT2D eigenvalue weighted by Crippen LogP contribution is -2.33. The molecule has 0 aliphatic carbocycles. The van der Waals surface area contributed by atoms with Gasteiger partial charge in [0, 0.05) is 13.1 Å². The third-order valence-electron chi connectivity index (χ3n) is 4.24. The zero-order valence-corrected chi connectivity index (χ0v) is 13.1. The number of anilines is 2. The molecular formula is C16H22N4S. The van der Waals surface area contributed by atoms with Gasteiger partial charge in [-0.3, -0.25) is 0 Å². The van der Waals surface area contributed by atoms with Gasteiger partial charge in [0.25, 0.3) is 0 Å². The molecule has 5 heteroatoms. The van der Waals surface area contributed by atoms with Crippen LogP contribution in [0.2, 0.25) is 0 Å². The van der Waals surface area contributed by atoms with E-state index < -0.39 is 0 Å². The first-order valence-electron chi connectivity index (χ1n) is 7.69. The second kappa shape index (κ2) is 6.89. The fourth-order valence-corrected chi connectivity index (χ4v) is 3.67. The highest BCUT2D eigenvalue weighted by Crippen LogP contribution is 2.28. The van der Waals surface area contributed by atoms with Crippen molar-refractivity contribution in [3.05, 3.63) is 35.9 Å². The molecule has 0 atom stereocenters. The highest BCUT2D eigenvalue weighted by Gasteiger charge is 2.21. The van der Waals surface area contributed by atoms with Crippen LogP contribution in [0.4, 0.5) is 10.3 Å². The van der Waals surface area contributed by atoms with Crippen LogP contribution in [0.3, 0.4) is 0 Å². The van der Waals surface area contributed by atoms with Gasteiger partial charge in [-0.2, -0.15) is 0 Å². The van der Waals surface area contributed by atoms with E-state index in [1.165, 1.54) is 49.0 Å². The van der Waals surface area contributed by atoms with Crippen molar-refractivity contribution in [1.29, 1.82) is 0 Å². The van der Waals surface area contributed by atoms with Crippen molar-refractivity contribution >= 4 is 21.6 Å². The number of nitrogens with two attached hydrogens (primary N) is 1. The molecule has 2 N–H and O–H groups in total. The number of benzene rings is 1. The Labute approximate surface area is 130 Å². The van der Waals surface area contributed by atoms with Crippen molar-refractivity contribution in [1.82, 2.24) is 10.2 Å². The van der Waals surface area contributed by atoms with E-state index in [1.807, 2.05) is 0 Å². The minimum atomic E-state index is 0.565. The second-order valence-electron chi connectivity index (χ2n) is 5.73. The maximum Gasteiger partial charge on any atom is 0.209 e. The number of nitrogens with zero attached hydrogens (tertiary/aromatic N) is 3. The Bertz CT molecular complexity index is 546. The molecule has 0 saturated carbocycles. The smallest absolute Gasteiger partial charge is 0.209 e. The number of piperidine rings is 1. The summed E-state index contributed by atoms with van der Waals surface area (Å²) in [6, 6.07) is 10.8. The van der Waals surface area contributed by atoms with E-state index >= 15 is 0 Å². The summed E-state index contributed by atoms with van der Waals surface area (Å²) in [7, 11) is 0. The van der Waals surface area contributed by atoms with E-state index in [4.69, 9.17) is 5.73 Å². The minimum Gasteiger partial charge on any atom is -0.374 e. The Morgan fingerprint density at radius 3 is 2.57 bits per heavy atom. The molecule has 2 aromatic rings. The largest absolute Gasteiger partial charge is 0.374 e. The van der Waals surface area contributed by atoms with Gasteiger partial charge >= 0.3 is 0 Å². The number of aromatic nitrogens is 2. The number of rotatable bonds is 5. The Hall–Kier alpha value is -1.62. The fraction of sp³-hybridized carbons (Fsp3) is 0.500. The predicted molar refractivity (Wildman–Crippen MR) is 88.6 cm³/mol. The molecule has 3 rings (SSSR count). The van der Waals surface area contributed by atoms with Crippen molar-refractivity contribution in [2.45, 2.75) is 32.1 Å². The first-order chi connectivity index (χ1) is 10.3. The molecule has 112 valence electrons. The van der Waals surface area contributed by atoms with E-state index in [0.717, 1.165) is 24.1 Å². The van der Waals surface area contributed by atoms with Gasteiger partial charge in [-0.1, -0.05) is 41.7 Å². The molecule has 1 saturated heterocycles. The third-order valence-corrected chi connectivity index (χ3v) is 5.05. The molecular weight excluding hydrogens is 280 g/mol. The molecule has 1 aromatic carbocycles. The van der Waals surface area contributed by atoms with Gasteiger partial charge in [-0.05, 0) is 43.6 Å². The molecule has 0 unspecified atom stereocenters. The summed E-state index contributed by atoms with van der Waals surface area (Å²) >= 11 is 1.49. The molecule has 0 spiro atoms. The number of nitrogen functional groups attached to an aromatic ring is 1. The average Bonchev–Trinajstić information content (AvgIpc) is 2.96. The summed E-state index contributed by atoms with van der Waals surface area (Å²) in [6.45, 7) is 2.18. The average molecular weight is 302 g/mol. The van der Waals surface area contributed by atoms with Gasteiger partial charge in [-0.15, -0.1) is 10.2 Å². The van der Waals surface area contributed by atoms with E-state index in [9.17, 15) is 0 Å². The van der Waals surface area contributed by atoms with Crippen LogP contribution in [0.5, 0.6) is 0 Å². The molecule has 1 aliphatic rings. The fourth-order valence-electron chi connectivity index (χ4n) is 3.01. The minimum absolute atomic E-state index is 0.565. The van der Waals surface area contributed by atoms with Crippen molar-refractivity contribution in [3.63, 3.8) is 0 Å². The van der Waals surface area contributed by atoms with E-state index in [0.29, 0.717) is 5.13 Å². The lowest BCUT2D eigenvalue weighted by Gasteiger charge is -2.31. The van der Waals surface area contributed by atoms with E-state index in [1.54, 1.807) is 0 Å². The molecule has 1 aromatic heterocycles. The van der Waals surface area contributed by atoms with Crippen LogP contribution in [0.25, 0.3) is 0 Å². The summed E-state index contributed by atoms with van der Waals surface area (Å²) in [5.74, 6) is 0.857. The zero-order valence-electron chi connectivity index (χ0n) is 12.2. The molecule has 2 heterocycles. The third kappa shape index (κ3) is 3.94. The van der Waals surface area contributed by atoms with Crippen molar-refractivity contribution in [2.75, 3.05) is 23.7 Å². The van der Waals surface area contributed by atoms with Crippen LogP contribution in [0.1, 0.15) is 31.2 Å². The molecule has 21 heavy (non-hydrogen) atoms. The van der Waals surface area contributed by atoms with E-state index in [2.05, 4.69) is 45.4 Å². The molecule has 1 fully saturated rings. The summed E-state index contributed by atoms with van der Waals surface area (Å²) in [5, 5.41) is 9.58. The first kappa shape index (κ1) is 14.3. The van der Waals surface area contributed by atoms with Gasteiger partial charge in [0.05, 0.1) is 0 Å². The van der Waals surface area contributed by atoms with Gasteiger partial charge in [0.1, 0.15) is 0 Å². The molecule has 0 radical (unpaired) electrons. The number of hydrogen-bond donors (Lipinski definition) is 1. The van der Waals surface area contributed by atoms with Crippen LogP contribution in [0, 0.1) is 5.92 Å². The maximum atomic E-state index is 5.65. The first-order valence-corrected chi connectivity index (χ1v) is 8.51. The Morgan fingerprint density at radius 1 is 1.14 bits per heavy atom. The standard InChI is InChI=1S/C16H22N4S/c17-15-18-19-16(21-15)20-11-9-14(10-12-20)8-4-7-13-5-2-1-3-6-13/h1-3,5-6,14H,4,7-12H2,(H2,17,18). The van der Waals surface area contributed by atoms with Gasteiger partial charge in [0.2, 0.25) is 10.3 Å². The normalized spacial score (nSPS) is 16.3. The summed E-state index contributed by atoms with van der Waals surface area (Å²) in [5.41, 5.74) is 7.11. The molecule has 1 aliphatic heterocycles. The summed E-state index contributed by atoms with van der Waals surface area (Å²) in [6.07, 6.45) is 6.35. The van der Waals surface area contributed by atoms with Crippen molar-refractivity contribution < 1.29 is 0 Å². The Kier molecular flexibility index (Phi) is 4.70. The van der Waals surface area contributed by atoms with Gasteiger partial charge in [0.15, 0.2) is 0 Å². The zero-order chi connectivity index (χ0) is 14.5. The lowest BCUT2D eigenvalue weighted by molar-refractivity contribution is 0.372. The SMILES string of the molecule is Nc1nnc(N2CCC(CCCc3ccccc3)CC2)s1. The monoisotopic (exact) mass is 302 g/mol. The lowest BCUT2D eigenvalue weighted by atomic mass is 9.91. The highest BCUT2D eigenvalue weighted by atomic mass is 32.1. The number of hydrogen-bond acceptors (Lipinski definition) is 5. The van der Waals surface area contributed by atoms with Crippen LogP contribution in [-0.2, 0) is 6.42 Å². The van der Waals surface area contributed by atoms with Crippen LogP contribution >= 0.6 is 11.3 Å². The molecule has 4 nitrogen and oxygen atoms in total. The Balaban J connectivity index is 1.40. The van der Waals surface area contributed by atoms with Gasteiger partial charge in [-0.25, -0.2) is 0 Å². The van der Waals surface area contributed by atoms with Crippen LogP contribution in [-0.4, -0.2) is 23.3 Å².